The van der Waals surface area contributed by atoms with E-state index in [0.717, 1.165) is 52.2 Å². The molecule has 0 bridgehead atoms. The summed E-state index contributed by atoms with van der Waals surface area (Å²) in [4.78, 5) is 22.5. The lowest BCUT2D eigenvalue weighted by Gasteiger charge is -2.34. The van der Waals surface area contributed by atoms with Gasteiger partial charge in [-0.1, -0.05) is 17.4 Å². The van der Waals surface area contributed by atoms with E-state index in [9.17, 15) is 4.79 Å². The average molecular weight is 374 g/mol. The predicted molar refractivity (Wildman–Crippen MR) is 103 cm³/mol. The number of aromatic nitrogens is 1. The van der Waals surface area contributed by atoms with E-state index >= 15 is 0 Å². The summed E-state index contributed by atoms with van der Waals surface area (Å²) in [6.07, 6.45) is 0.512. The van der Waals surface area contributed by atoms with E-state index < -0.39 is 0 Å². The number of rotatable bonds is 4. The van der Waals surface area contributed by atoms with E-state index in [1.54, 1.807) is 29.8 Å². The van der Waals surface area contributed by atoms with Gasteiger partial charge in [0.25, 0.3) is 0 Å². The number of piperazine rings is 1. The molecule has 0 radical (unpaired) electrons. The van der Waals surface area contributed by atoms with Crippen molar-refractivity contribution >= 4 is 43.9 Å². The van der Waals surface area contributed by atoms with Crippen LogP contribution in [0.1, 0.15) is 4.88 Å². The van der Waals surface area contributed by atoms with Crippen LogP contribution in [0.15, 0.2) is 35.7 Å². The lowest BCUT2D eigenvalue weighted by Crippen LogP contribution is -2.49. The predicted octanol–water partition coefficient (Wildman–Crippen LogP) is 3.26. The Labute approximate surface area is 154 Å². The van der Waals surface area contributed by atoms with Gasteiger partial charge in [0.15, 0.2) is 5.13 Å². The number of amides is 1. The summed E-state index contributed by atoms with van der Waals surface area (Å²) >= 11 is 3.32. The number of hydrogen-bond acceptors (Lipinski definition) is 6. The van der Waals surface area contributed by atoms with Gasteiger partial charge in [-0.2, -0.15) is 0 Å². The number of methoxy groups -OCH3 is 1. The number of hydrogen-bond donors (Lipinski definition) is 0. The molecule has 130 valence electrons. The summed E-state index contributed by atoms with van der Waals surface area (Å²) in [5, 5.41) is 3.04. The lowest BCUT2D eigenvalue weighted by atomic mass is 10.2. The zero-order valence-electron chi connectivity index (χ0n) is 14.0. The molecule has 0 saturated carbocycles. The van der Waals surface area contributed by atoms with E-state index in [4.69, 9.17) is 9.72 Å². The second kappa shape index (κ2) is 7.01. The first-order chi connectivity index (χ1) is 12.2. The van der Waals surface area contributed by atoms with Gasteiger partial charge in [-0.25, -0.2) is 4.98 Å². The Morgan fingerprint density at radius 1 is 1.24 bits per heavy atom. The third-order valence-electron chi connectivity index (χ3n) is 4.39. The second-order valence-corrected chi connectivity index (χ2v) is 8.00. The molecular weight excluding hydrogens is 354 g/mol. The number of nitrogens with zero attached hydrogens (tertiary/aromatic N) is 3. The molecule has 1 aliphatic heterocycles. The molecule has 0 aliphatic carbocycles. The van der Waals surface area contributed by atoms with Crippen molar-refractivity contribution in [3.63, 3.8) is 0 Å². The number of benzene rings is 1. The number of thiophene rings is 1. The van der Waals surface area contributed by atoms with Crippen LogP contribution in [-0.2, 0) is 11.2 Å². The van der Waals surface area contributed by atoms with Crippen LogP contribution in [0.3, 0.4) is 0 Å². The number of carbonyl (C=O) groups excluding carboxylic acids is 1. The first-order valence-electron chi connectivity index (χ1n) is 8.22. The smallest absolute Gasteiger partial charge is 0.227 e. The van der Waals surface area contributed by atoms with Crippen LogP contribution in [0.25, 0.3) is 10.2 Å². The highest BCUT2D eigenvalue weighted by atomic mass is 32.1. The summed E-state index contributed by atoms with van der Waals surface area (Å²) in [5.74, 6) is 1.07. The Morgan fingerprint density at radius 3 is 2.80 bits per heavy atom. The van der Waals surface area contributed by atoms with E-state index in [-0.39, 0.29) is 5.91 Å². The van der Waals surface area contributed by atoms with Crippen molar-refractivity contribution in [1.29, 1.82) is 0 Å². The van der Waals surface area contributed by atoms with Gasteiger partial charge < -0.3 is 14.5 Å². The summed E-state index contributed by atoms with van der Waals surface area (Å²) in [5.41, 5.74) is 0.997. The topological polar surface area (TPSA) is 45.7 Å². The van der Waals surface area contributed by atoms with Gasteiger partial charge in [-0.3, -0.25) is 4.79 Å². The zero-order chi connectivity index (χ0) is 17.2. The monoisotopic (exact) mass is 373 g/mol. The zero-order valence-corrected chi connectivity index (χ0v) is 15.6. The Morgan fingerprint density at radius 2 is 2.08 bits per heavy atom. The highest BCUT2D eigenvalue weighted by Crippen LogP contribution is 2.31. The molecule has 1 amide bonds. The number of ether oxygens (including phenoxy) is 1. The number of anilines is 1. The minimum absolute atomic E-state index is 0.219. The highest BCUT2D eigenvalue weighted by Gasteiger charge is 2.23. The van der Waals surface area contributed by atoms with Gasteiger partial charge in [-0.15, -0.1) is 11.3 Å². The van der Waals surface area contributed by atoms with Crippen molar-refractivity contribution in [3.8, 4) is 5.75 Å². The van der Waals surface area contributed by atoms with Crippen molar-refractivity contribution in [2.24, 2.45) is 0 Å². The van der Waals surface area contributed by atoms with Gasteiger partial charge in [0, 0.05) is 31.1 Å². The van der Waals surface area contributed by atoms with Crippen LogP contribution < -0.4 is 9.64 Å². The van der Waals surface area contributed by atoms with E-state index in [1.807, 2.05) is 40.6 Å². The van der Waals surface area contributed by atoms with Crippen molar-refractivity contribution in [1.82, 2.24) is 9.88 Å². The fourth-order valence-electron chi connectivity index (χ4n) is 2.98. The van der Waals surface area contributed by atoms with Gasteiger partial charge >= 0.3 is 0 Å². The summed E-state index contributed by atoms with van der Waals surface area (Å²) in [6, 6.07) is 9.97. The summed E-state index contributed by atoms with van der Waals surface area (Å²) in [7, 11) is 1.68. The molecule has 0 atom stereocenters. The minimum atomic E-state index is 0.219. The van der Waals surface area contributed by atoms with Crippen LogP contribution in [0, 0.1) is 0 Å². The van der Waals surface area contributed by atoms with Crippen LogP contribution in [-0.4, -0.2) is 49.1 Å². The standard InChI is InChI=1S/C18H19N3O2S2/c1-23-13-4-5-15-16(11-13)25-18(19-15)21-8-6-20(7-9-21)17(22)12-14-3-2-10-24-14/h2-5,10-11H,6-9,12H2,1H3. The Bertz CT molecular complexity index is 868. The highest BCUT2D eigenvalue weighted by molar-refractivity contribution is 7.22. The largest absolute Gasteiger partial charge is 0.497 e. The maximum absolute atomic E-state index is 12.4. The molecule has 2 aromatic heterocycles. The molecule has 1 aromatic carbocycles. The maximum Gasteiger partial charge on any atom is 0.227 e. The molecule has 3 aromatic rings. The van der Waals surface area contributed by atoms with Crippen molar-refractivity contribution in [3.05, 3.63) is 40.6 Å². The van der Waals surface area contributed by atoms with Crippen molar-refractivity contribution in [2.75, 3.05) is 38.2 Å². The summed E-state index contributed by atoms with van der Waals surface area (Å²) < 4.78 is 6.41. The molecule has 0 unspecified atom stereocenters. The van der Waals surface area contributed by atoms with Gasteiger partial charge in [0.2, 0.25) is 5.91 Å². The van der Waals surface area contributed by atoms with Crippen LogP contribution in [0.2, 0.25) is 0 Å². The van der Waals surface area contributed by atoms with Gasteiger partial charge in [0.1, 0.15) is 5.75 Å². The molecule has 5 nitrogen and oxygen atoms in total. The SMILES string of the molecule is COc1ccc2nc(N3CCN(C(=O)Cc4cccs4)CC3)sc2c1. The Balaban J connectivity index is 1.40. The first-order valence-corrected chi connectivity index (χ1v) is 9.92. The normalized spacial score (nSPS) is 14.9. The molecular formula is C18H19N3O2S2. The van der Waals surface area contributed by atoms with Crippen LogP contribution >= 0.6 is 22.7 Å². The molecule has 4 rings (SSSR count). The molecule has 1 saturated heterocycles. The molecule has 3 heterocycles. The van der Waals surface area contributed by atoms with E-state index in [0.29, 0.717) is 6.42 Å². The fourth-order valence-corrected chi connectivity index (χ4v) is 4.72. The summed E-state index contributed by atoms with van der Waals surface area (Å²) in [6.45, 7) is 3.16. The Hall–Kier alpha value is -2.12. The number of fused-ring (bicyclic) bond motifs is 1. The number of thiazole rings is 1. The molecule has 1 aliphatic rings. The maximum atomic E-state index is 12.4. The van der Waals surface area contributed by atoms with Gasteiger partial charge in [-0.05, 0) is 29.6 Å². The van der Waals surface area contributed by atoms with E-state index in [1.165, 1.54) is 0 Å². The fraction of sp³-hybridized carbons (Fsp3) is 0.333. The number of carbonyl (C=O) groups is 1. The Kier molecular flexibility index (Phi) is 4.59. The van der Waals surface area contributed by atoms with Crippen molar-refractivity contribution < 1.29 is 9.53 Å². The van der Waals surface area contributed by atoms with Crippen molar-refractivity contribution in [2.45, 2.75) is 6.42 Å². The quantitative estimate of drug-likeness (QED) is 0.704. The molecule has 1 fully saturated rings. The van der Waals surface area contributed by atoms with E-state index in [2.05, 4.69) is 4.90 Å². The molecule has 25 heavy (non-hydrogen) atoms. The van der Waals surface area contributed by atoms with Crippen LogP contribution in [0.4, 0.5) is 5.13 Å². The third kappa shape index (κ3) is 3.48. The van der Waals surface area contributed by atoms with Crippen LogP contribution in [0.5, 0.6) is 5.75 Å². The molecule has 0 N–H and O–H groups in total. The second-order valence-electron chi connectivity index (χ2n) is 5.95. The average Bonchev–Trinajstić information content (AvgIpc) is 3.30. The molecule has 0 spiro atoms. The van der Waals surface area contributed by atoms with Gasteiger partial charge in [0.05, 0.1) is 23.7 Å². The first kappa shape index (κ1) is 16.4. The third-order valence-corrected chi connectivity index (χ3v) is 6.35. The molecule has 7 heteroatoms. The minimum Gasteiger partial charge on any atom is -0.497 e. The lowest BCUT2D eigenvalue weighted by molar-refractivity contribution is -0.130.